The number of nitrogens with one attached hydrogen (secondary N) is 1. The summed E-state index contributed by atoms with van der Waals surface area (Å²) in [5.41, 5.74) is 0.506. The zero-order chi connectivity index (χ0) is 16.3. The molecule has 0 bridgehead atoms. The molecule has 0 saturated carbocycles. The number of thioether (sulfide) groups is 1. The van der Waals surface area contributed by atoms with Crippen molar-refractivity contribution < 1.29 is 14.0 Å². The molecular weight excluding hydrogens is 305 g/mol. The molecule has 7 heteroatoms. The number of anilines is 1. The maximum atomic E-state index is 12.8. The number of benzene rings is 1. The third kappa shape index (κ3) is 3.65. The second-order valence-electron chi connectivity index (χ2n) is 5.17. The minimum Gasteiger partial charge on any atom is -0.326 e. The van der Waals surface area contributed by atoms with Crippen LogP contribution in [-0.2, 0) is 9.59 Å². The second kappa shape index (κ2) is 6.91. The van der Waals surface area contributed by atoms with Gasteiger partial charge in [-0.05, 0) is 38.1 Å². The summed E-state index contributed by atoms with van der Waals surface area (Å²) in [5.74, 6) is -0.746. The van der Waals surface area contributed by atoms with Gasteiger partial charge in [0.25, 0.3) is 0 Å². The molecule has 1 saturated heterocycles. The van der Waals surface area contributed by atoms with E-state index in [1.54, 1.807) is 11.9 Å². The smallest absolute Gasteiger partial charge is 0.242 e. The van der Waals surface area contributed by atoms with Gasteiger partial charge in [0, 0.05) is 25.2 Å². The van der Waals surface area contributed by atoms with Crippen LogP contribution < -0.4 is 5.32 Å². The molecule has 1 aliphatic rings. The maximum absolute atomic E-state index is 12.8. The molecule has 1 aromatic carbocycles. The minimum absolute atomic E-state index is 0.00357. The highest BCUT2D eigenvalue weighted by atomic mass is 32.2. The molecule has 1 unspecified atom stereocenters. The van der Waals surface area contributed by atoms with Gasteiger partial charge in [-0.1, -0.05) is 11.8 Å². The fourth-order valence-electron chi connectivity index (χ4n) is 2.16. The van der Waals surface area contributed by atoms with Gasteiger partial charge in [-0.2, -0.15) is 0 Å². The summed E-state index contributed by atoms with van der Waals surface area (Å²) in [6.45, 7) is 3.81. The van der Waals surface area contributed by atoms with Crippen molar-refractivity contribution >= 4 is 34.4 Å². The monoisotopic (exact) mass is 323 g/mol. The lowest BCUT2D eigenvalue weighted by Crippen LogP contribution is -2.38. The lowest BCUT2D eigenvalue weighted by Gasteiger charge is -2.20. The number of amidine groups is 1. The van der Waals surface area contributed by atoms with Crippen LogP contribution >= 0.6 is 11.8 Å². The average molecular weight is 323 g/mol. The molecule has 0 aromatic heterocycles. The van der Waals surface area contributed by atoms with Crippen LogP contribution in [-0.4, -0.2) is 40.2 Å². The van der Waals surface area contributed by atoms with E-state index in [0.29, 0.717) is 10.9 Å². The largest absolute Gasteiger partial charge is 0.326 e. The van der Waals surface area contributed by atoms with Gasteiger partial charge in [-0.3, -0.25) is 19.5 Å². The normalized spacial score (nSPS) is 20.0. The minimum atomic E-state index is -0.471. The summed E-state index contributed by atoms with van der Waals surface area (Å²) in [6, 6.07) is 5.51. The molecular formula is C15H18FN3O2S. The van der Waals surface area contributed by atoms with E-state index in [4.69, 9.17) is 0 Å². The molecule has 0 spiro atoms. The van der Waals surface area contributed by atoms with Gasteiger partial charge in [0.15, 0.2) is 5.17 Å². The molecule has 0 aliphatic carbocycles. The van der Waals surface area contributed by atoms with Crippen molar-refractivity contribution in [2.45, 2.75) is 31.6 Å². The predicted molar refractivity (Wildman–Crippen MR) is 86.4 cm³/mol. The Morgan fingerprint density at radius 3 is 2.55 bits per heavy atom. The van der Waals surface area contributed by atoms with Crippen LogP contribution in [0.3, 0.4) is 0 Å². The molecule has 1 fully saturated rings. The van der Waals surface area contributed by atoms with E-state index < -0.39 is 5.25 Å². The average Bonchev–Trinajstić information content (AvgIpc) is 2.78. The molecule has 22 heavy (non-hydrogen) atoms. The molecule has 1 N–H and O–H groups in total. The fourth-order valence-corrected chi connectivity index (χ4v) is 3.39. The van der Waals surface area contributed by atoms with E-state index in [1.165, 1.54) is 36.0 Å². The van der Waals surface area contributed by atoms with Crippen molar-refractivity contribution in [1.82, 2.24) is 4.90 Å². The zero-order valence-corrected chi connectivity index (χ0v) is 13.5. The number of hydrogen-bond acceptors (Lipinski definition) is 4. The van der Waals surface area contributed by atoms with Crippen LogP contribution in [0.5, 0.6) is 0 Å². The van der Waals surface area contributed by atoms with E-state index in [-0.39, 0.29) is 30.1 Å². The standard InChI is InChI=1S/C15H18FN3O2S/c1-9(2)19-14(21)12(22-15(19)17-3)8-13(20)18-11-6-4-10(16)5-7-11/h4-7,9,12H,8H2,1-3H3,(H,18,20). The Morgan fingerprint density at radius 1 is 1.41 bits per heavy atom. The first kappa shape index (κ1) is 16.5. The van der Waals surface area contributed by atoms with Crippen molar-refractivity contribution in [3.8, 4) is 0 Å². The molecule has 2 amide bonds. The summed E-state index contributed by atoms with van der Waals surface area (Å²) < 4.78 is 12.8. The van der Waals surface area contributed by atoms with E-state index in [2.05, 4.69) is 10.3 Å². The van der Waals surface area contributed by atoms with Gasteiger partial charge in [-0.15, -0.1) is 0 Å². The first-order valence-corrected chi connectivity index (χ1v) is 7.82. The van der Waals surface area contributed by atoms with Crippen molar-refractivity contribution in [3.63, 3.8) is 0 Å². The van der Waals surface area contributed by atoms with Gasteiger partial charge in [0.05, 0.1) is 0 Å². The first-order chi connectivity index (χ1) is 10.4. The third-order valence-electron chi connectivity index (χ3n) is 3.17. The molecule has 1 aromatic rings. The number of aliphatic imine (C=N–C) groups is 1. The lowest BCUT2D eigenvalue weighted by atomic mass is 10.2. The fraction of sp³-hybridized carbons (Fsp3) is 0.400. The molecule has 1 atom stereocenters. The summed E-state index contributed by atoms with van der Waals surface area (Å²) in [4.78, 5) is 30.1. The van der Waals surface area contributed by atoms with Crippen LogP contribution in [0.1, 0.15) is 20.3 Å². The number of nitrogens with zero attached hydrogens (tertiary/aromatic N) is 2. The van der Waals surface area contributed by atoms with Crippen molar-refractivity contribution in [2.24, 2.45) is 4.99 Å². The highest BCUT2D eigenvalue weighted by Gasteiger charge is 2.39. The Kier molecular flexibility index (Phi) is 5.18. The van der Waals surface area contributed by atoms with Crippen LogP contribution in [0.2, 0.25) is 0 Å². The van der Waals surface area contributed by atoms with Crippen LogP contribution in [0, 0.1) is 5.82 Å². The van der Waals surface area contributed by atoms with E-state index in [9.17, 15) is 14.0 Å². The molecule has 118 valence electrons. The Hall–Kier alpha value is -1.89. The number of rotatable bonds is 4. The quantitative estimate of drug-likeness (QED) is 0.926. The highest BCUT2D eigenvalue weighted by molar-refractivity contribution is 8.15. The third-order valence-corrected chi connectivity index (χ3v) is 4.42. The molecule has 1 heterocycles. The van der Waals surface area contributed by atoms with Crippen LogP contribution in [0.15, 0.2) is 29.3 Å². The number of halogens is 1. The van der Waals surface area contributed by atoms with Crippen LogP contribution in [0.4, 0.5) is 10.1 Å². The van der Waals surface area contributed by atoms with Gasteiger partial charge < -0.3 is 5.32 Å². The van der Waals surface area contributed by atoms with Gasteiger partial charge in [0.2, 0.25) is 11.8 Å². The molecule has 1 aliphatic heterocycles. The molecule has 5 nitrogen and oxygen atoms in total. The van der Waals surface area contributed by atoms with Gasteiger partial charge >= 0.3 is 0 Å². The predicted octanol–water partition coefficient (Wildman–Crippen LogP) is 2.49. The lowest BCUT2D eigenvalue weighted by molar-refractivity contribution is -0.129. The molecule has 0 radical (unpaired) electrons. The molecule has 2 rings (SSSR count). The first-order valence-electron chi connectivity index (χ1n) is 6.94. The zero-order valence-electron chi connectivity index (χ0n) is 12.7. The number of carbonyl (C=O) groups excluding carboxylic acids is 2. The second-order valence-corrected chi connectivity index (χ2v) is 6.34. The van der Waals surface area contributed by atoms with Crippen LogP contribution in [0.25, 0.3) is 0 Å². The Balaban J connectivity index is 2.00. The SMILES string of the molecule is CN=C1SC(CC(=O)Nc2ccc(F)cc2)C(=O)N1C(C)C. The Bertz CT molecular complexity index is 601. The summed E-state index contributed by atoms with van der Waals surface area (Å²) >= 11 is 1.30. The Morgan fingerprint density at radius 2 is 2.05 bits per heavy atom. The van der Waals surface area contributed by atoms with E-state index in [0.717, 1.165) is 0 Å². The topological polar surface area (TPSA) is 61.8 Å². The van der Waals surface area contributed by atoms with E-state index >= 15 is 0 Å². The summed E-state index contributed by atoms with van der Waals surface area (Å²) in [7, 11) is 1.63. The van der Waals surface area contributed by atoms with E-state index in [1.807, 2.05) is 13.8 Å². The highest BCUT2D eigenvalue weighted by Crippen LogP contribution is 2.31. The van der Waals surface area contributed by atoms with Gasteiger partial charge in [0.1, 0.15) is 11.1 Å². The number of amides is 2. The summed E-state index contributed by atoms with van der Waals surface area (Å²) in [6.07, 6.45) is 0.0586. The van der Waals surface area contributed by atoms with Gasteiger partial charge in [-0.25, -0.2) is 4.39 Å². The van der Waals surface area contributed by atoms with Crippen molar-refractivity contribution in [3.05, 3.63) is 30.1 Å². The van der Waals surface area contributed by atoms with Crippen molar-refractivity contribution in [1.29, 1.82) is 0 Å². The number of hydrogen-bond donors (Lipinski definition) is 1. The maximum Gasteiger partial charge on any atom is 0.242 e. The Labute approximate surface area is 133 Å². The number of carbonyl (C=O) groups is 2. The van der Waals surface area contributed by atoms with Crippen molar-refractivity contribution in [2.75, 3.05) is 12.4 Å². The summed E-state index contributed by atoms with van der Waals surface area (Å²) in [5, 5.41) is 2.83.